The molecule has 0 saturated heterocycles. The van der Waals surface area contributed by atoms with Gasteiger partial charge in [-0.05, 0) is 44.4 Å². The molecule has 11 heteroatoms. The number of H-pyrrole nitrogens is 1. The van der Waals surface area contributed by atoms with E-state index >= 15 is 0 Å². The first-order chi connectivity index (χ1) is 16.8. The third kappa shape index (κ3) is 6.31. The Bertz CT molecular complexity index is 1290. The van der Waals surface area contributed by atoms with E-state index in [1.54, 1.807) is 39.2 Å². The third-order valence-electron chi connectivity index (χ3n) is 4.76. The number of fused-ring (bicyclic) bond motifs is 1. The Morgan fingerprint density at radius 3 is 2.74 bits per heavy atom. The summed E-state index contributed by atoms with van der Waals surface area (Å²) in [5.74, 6) is -0.0721. The molecule has 1 aromatic carbocycles. The fourth-order valence-corrected chi connectivity index (χ4v) is 4.21. The van der Waals surface area contributed by atoms with Gasteiger partial charge in [0.1, 0.15) is 35.2 Å². The number of ether oxygens (including phenoxy) is 3. The minimum absolute atomic E-state index is 0.191. The van der Waals surface area contributed by atoms with Gasteiger partial charge in [0, 0.05) is 35.3 Å². The van der Waals surface area contributed by atoms with Crippen molar-refractivity contribution < 1.29 is 23.4 Å². The van der Waals surface area contributed by atoms with Crippen LogP contribution in [0.2, 0.25) is 0 Å². The highest BCUT2D eigenvalue weighted by molar-refractivity contribution is 7.17. The van der Waals surface area contributed by atoms with E-state index in [4.69, 9.17) is 14.2 Å². The zero-order chi connectivity index (χ0) is 24.8. The molecule has 0 fully saturated rings. The first kappa shape index (κ1) is 24.6. The van der Waals surface area contributed by atoms with Crippen molar-refractivity contribution in [2.75, 3.05) is 26.4 Å². The molecule has 0 radical (unpaired) electrons. The highest BCUT2D eigenvalue weighted by Crippen LogP contribution is 2.39. The molecule has 0 atom stereocenters. The Morgan fingerprint density at radius 2 is 1.97 bits per heavy atom. The maximum Gasteiger partial charge on any atom is 0.407 e. The van der Waals surface area contributed by atoms with Crippen molar-refractivity contribution in [3.8, 4) is 28.3 Å². The largest absolute Gasteiger partial charge is 0.490 e. The first-order valence-corrected chi connectivity index (χ1v) is 11.9. The van der Waals surface area contributed by atoms with Crippen LogP contribution in [0.4, 0.5) is 9.18 Å². The minimum Gasteiger partial charge on any atom is -0.490 e. The van der Waals surface area contributed by atoms with Crippen molar-refractivity contribution in [1.29, 1.82) is 0 Å². The van der Waals surface area contributed by atoms with Gasteiger partial charge in [-0.15, -0.1) is 21.5 Å². The summed E-state index contributed by atoms with van der Waals surface area (Å²) in [7, 11) is 0. The molecule has 9 nitrogen and oxygen atoms in total. The maximum absolute atomic E-state index is 14.0. The van der Waals surface area contributed by atoms with E-state index in [1.807, 2.05) is 11.4 Å². The summed E-state index contributed by atoms with van der Waals surface area (Å²) in [6.07, 6.45) is 2.95. The highest BCUT2D eigenvalue weighted by Gasteiger charge is 2.18. The van der Waals surface area contributed by atoms with Gasteiger partial charge in [0.05, 0.1) is 24.1 Å². The average molecular weight is 500 g/mol. The van der Waals surface area contributed by atoms with Crippen LogP contribution in [0, 0.1) is 5.82 Å². The van der Waals surface area contributed by atoms with Crippen molar-refractivity contribution in [1.82, 2.24) is 25.7 Å². The van der Waals surface area contributed by atoms with Crippen LogP contribution in [-0.4, -0.2) is 58.5 Å². The number of aromatic amines is 1. The number of rotatable bonds is 9. The molecule has 3 aromatic heterocycles. The van der Waals surface area contributed by atoms with E-state index in [2.05, 4.69) is 25.7 Å². The minimum atomic E-state index is -0.555. The topological polar surface area (TPSA) is 111 Å². The lowest BCUT2D eigenvalue weighted by Crippen LogP contribution is -2.34. The predicted octanol–water partition coefficient (Wildman–Crippen LogP) is 4.81. The van der Waals surface area contributed by atoms with Crippen LogP contribution >= 0.6 is 11.3 Å². The number of thiophene rings is 1. The summed E-state index contributed by atoms with van der Waals surface area (Å²) in [5.41, 5.74) is 2.24. The number of aromatic nitrogens is 4. The second-order valence-electron chi connectivity index (χ2n) is 8.58. The molecule has 184 valence electrons. The van der Waals surface area contributed by atoms with Crippen LogP contribution in [0.25, 0.3) is 32.6 Å². The number of carbonyl (C=O) groups is 1. The number of nitrogens with zero attached hydrogens (tertiary/aromatic N) is 3. The molecule has 35 heavy (non-hydrogen) atoms. The molecule has 0 aliphatic rings. The maximum atomic E-state index is 14.0. The Balaban J connectivity index is 1.39. The van der Waals surface area contributed by atoms with E-state index < -0.39 is 17.5 Å². The van der Waals surface area contributed by atoms with Crippen LogP contribution in [0.15, 0.2) is 42.0 Å². The molecule has 0 aliphatic carbocycles. The zero-order valence-corrected chi connectivity index (χ0v) is 20.4. The summed E-state index contributed by atoms with van der Waals surface area (Å²) < 4.78 is 31.4. The molecule has 4 rings (SSSR count). The smallest absolute Gasteiger partial charge is 0.407 e. The van der Waals surface area contributed by atoms with Crippen LogP contribution in [0.3, 0.4) is 0 Å². The molecule has 0 bridgehead atoms. The van der Waals surface area contributed by atoms with Crippen LogP contribution in [-0.2, 0) is 9.47 Å². The molecule has 2 N–H and O–H groups in total. The molecule has 0 spiro atoms. The van der Waals surface area contributed by atoms with Gasteiger partial charge in [-0.2, -0.15) is 5.10 Å². The van der Waals surface area contributed by atoms with E-state index in [0.717, 1.165) is 21.3 Å². The Kier molecular flexibility index (Phi) is 7.57. The summed E-state index contributed by atoms with van der Waals surface area (Å²) >= 11 is 1.52. The molecular formula is C24H26FN5O4S. The van der Waals surface area contributed by atoms with Crippen molar-refractivity contribution in [2.24, 2.45) is 0 Å². The van der Waals surface area contributed by atoms with Gasteiger partial charge in [0.15, 0.2) is 0 Å². The van der Waals surface area contributed by atoms with Crippen LogP contribution < -0.4 is 10.1 Å². The number of hydrogen-bond donors (Lipinski definition) is 2. The lowest BCUT2D eigenvalue weighted by Gasteiger charge is -2.19. The number of alkyl carbamates (subject to hydrolysis) is 1. The molecule has 1 amide bonds. The highest BCUT2D eigenvalue weighted by atomic mass is 32.1. The number of carbonyl (C=O) groups excluding carboxylic acids is 1. The first-order valence-electron chi connectivity index (χ1n) is 11.0. The van der Waals surface area contributed by atoms with Crippen molar-refractivity contribution in [3.05, 3.63) is 47.9 Å². The average Bonchev–Trinajstić information content (AvgIpc) is 3.49. The normalized spacial score (nSPS) is 11.5. The molecular weight excluding hydrogens is 473 g/mol. The van der Waals surface area contributed by atoms with E-state index in [0.29, 0.717) is 23.6 Å². The molecule has 3 heterocycles. The van der Waals surface area contributed by atoms with Gasteiger partial charge in [0.2, 0.25) is 0 Å². The van der Waals surface area contributed by atoms with Crippen LogP contribution in [0.5, 0.6) is 5.75 Å². The molecule has 0 saturated carbocycles. The van der Waals surface area contributed by atoms with E-state index in [-0.39, 0.29) is 19.8 Å². The Hall–Kier alpha value is -3.57. The summed E-state index contributed by atoms with van der Waals surface area (Å²) in [5, 5.41) is 21.1. The fourth-order valence-electron chi connectivity index (χ4n) is 3.31. The van der Waals surface area contributed by atoms with Crippen molar-refractivity contribution in [2.45, 2.75) is 26.4 Å². The SMILES string of the molecule is CC(C)(C)OC(=O)NCCOCCOc1cc(F)ccc1-c1nnc(-c2cn[nH]c2)c2ccsc12. The number of nitrogens with one attached hydrogen (secondary N) is 2. The summed E-state index contributed by atoms with van der Waals surface area (Å²) in [6, 6.07) is 6.30. The Labute approximate surface area is 205 Å². The van der Waals surface area contributed by atoms with Crippen LogP contribution in [0.1, 0.15) is 20.8 Å². The molecule has 4 aromatic rings. The van der Waals surface area contributed by atoms with E-state index in [9.17, 15) is 9.18 Å². The lowest BCUT2D eigenvalue weighted by molar-refractivity contribution is 0.0489. The van der Waals surface area contributed by atoms with Gasteiger partial charge in [0.25, 0.3) is 0 Å². The zero-order valence-electron chi connectivity index (χ0n) is 19.6. The number of amides is 1. The predicted molar refractivity (Wildman–Crippen MR) is 131 cm³/mol. The van der Waals surface area contributed by atoms with Gasteiger partial charge in [-0.25, -0.2) is 9.18 Å². The molecule has 0 aliphatic heterocycles. The standard InChI is InChI=1S/C24H26FN5O4S/c1-24(2,3)34-23(31)26-7-8-32-9-10-33-19-12-16(25)4-5-17(19)21-22-18(6-11-35-22)20(29-30-21)15-13-27-28-14-15/h4-6,11-14H,7-10H2,1-3H3,(H,26,31)(H,27,28). The third-order valence-corrected chi connectivity index (χ3v) is 5.68. The molecule has 0 unspecified atom stereocenters. The lowest BCUT2D eigenvalue weighted by atomic mass is 10.1. The van der Waals surface area contributed by atoms with Gasteiger partial charge < -0.3 is 19.5 Å². The second kappa shape index (κ2) is 10.8. The Morgan fingerprint density at radius 1 is 1.14 bits per heavy atom. The fraction of sp³-hybridized carbons (Fsp3) is 0.333. The summed E-state index contributed by atoms with van der Waals surface area (Å²) in [6.45, 7) is 6.42. The van der Waals surface area contributed by atoms with Gasteiger partial charge in [-0.1, -0.05) is 0 Å². The van der Waals surface area contributed by atoms with Gasteiger partial charge in [-0.3, -0.25) is 5.10 Å². The number of benzene rings is 1. The second-order valence-corrected chi connectivity index (χ2v) is 9.49. The number of halogens is 1. The van der Waals surface area contributed by atoms with Gasteiger partial charge >= 0.3 is 6.09 Å². The monoisotopic (exact) mass is 499 g/mol. The number of hydrogen-bond acceptors (Lipinski definition) is 8. The van der Waals surface area contributed by atoms with E-state index in [1.165, 1.54) is 23.5 Å². The van der Waals surface area contributed by atoms with Crippen molar-refractivity contribution >= 4 is 27.5 Å². The van der Waals surface area contributed by atoms with Crippen molar-refractivity contribution in [3.63, 3.8) is 0 Å². The summed E-state index contributed by atoms with van der Waals surface area (Å²) in [4.78, 5) is 11.6. The quantitative estimate of drug-likeness (QED) is 0.318.